The van der Waals surface area contributed by atoms with E-state index in [2.05, 4.69) is 69.0 Å². The number of fused-ring (bicyclic) bond motifs is 3. The van der Waals surface area contributed by atoms with E-state index in [1.807, 2.05) is 24.3 Å². The van der Waals surface area contributed by atoms with Gasteiger partial charge in [-0.2, -0.15) is 0 Å². The highest BCUT2D eigenvalue weighted by atomic mass is 79.9. The molecule has 4 rings (SSSR count). The SMILES string of the molecule is Brc1ccccc1OCCOCCn1c2ccccc2c2ccccc21. The first-order valence-electron chi connectivity index (χ1n) is 8.75. The van der Waals surface area contributed by atoms with Crippen LogP contribution in [0.15, 0.2) is 77.3 Å². The van der Waals surface area contributed by atoms with E-state index in [9.17, 15) is 0 Å². The van der Waals surface area contributed by atoms with E-state index in [1.165, 1.54) is 21.8 Å². The van der Waals surface area contributed by atoms with Crippen LogP contribution in [-0.2, 0) is 11.3 Å². The summed E-state index contributed by atoms with van der Waals surface area (Å²) >= 11 is 3.48. The van der Waals surface area contributed by atoms with Crippen LogP contribution in [0.25, 0.3) is 21.8 Å². The molecule has 0 N–H and O–H groups in total. The molecule has 0 atom stereocenters. The number of rotatable bonds is 7. The van der Waals surface area contributed by atoms with E-state index in [1.54, 1.807) is 0 Å². The standard InChI is InChI=1S/C22H20BrNO2/c23-19-9-3-6-12-22(19)26-16-15-25-14-13-24-20-10-4-1-7-17(20)18-8-2-5-11-21(18)24/h1-12H,13-16H2. The summed E-state index contributed by atoms with van der Waals surface area (Å²) in [4.78, 5) is 0. The number of ether oxygens (including phenoxy) is 2. The van der Waals surface area contributed by atoms with Crippen molar-refractivity contribution >= 4 is 37.7 Å². The fraction of sp³-hybridized carbons (Fsp3) is 0.182. The molecule has 3 aromatic carbocycles. The fourth-order valence-electron chi connectivity index (χ4n) is 3.27. The Bertz CT molecular complexity index is 972. The predicted molar refractivity (Wildman–Crippen MR) is 110 cm³/mol. The van der Waals surface area contributed by atoms with E-state index >= 15 is 0 Å². The highest BCUT2D eigenvalue weighted by Crippen LogP contribution is 2.28. The number of aromatic nitrogens is 1. The summed E-state index contributed by atoms with van der Waals surface area (Å²) in [5.41, 5.74) is 2.50. The van der Waals surface area contributed by atoms with Crippen molar-refractivity contribution in [2.24, 2.45) is 0 Å². The molecule has 1 aromatic heterocycles. The summed E-state index contributed by atoms with van der Waals surface area (Å²) in [6.45, 7) is 2.58. The van der Waals surface area contributed by atoms with E-state index in [0.717, 1.165) is 16.8 Å². The summed E-state index contributed by atoms with van der Waals surface area (Å²) < 4.78 is 14.8. The van der Waals surface area contributed by atoms with Gasteiger partial charge in [-0.3, -0.25) is 0 Å². The molecule has 4 aromatic rings. The first kappa shape index (κ1) is 17.1. The van der Waals surface area contributed by atoms with Crippen LogP contribution in [0.1, 0.15) is 0 Å². The zero-order valence-electron chi connectivity index (χ0n) is 14.4. The third-order valence-electron chi connectivity index (χ3n) is 4.46. The number of para-hydroxylation sites is 3. The minimum absolute atomic E-state index is 0.537. The van der Waals surface area contributed by atoms with Crippen molar-refractivity contribution in [1.82, 2.24) is 4.57 Å². The molecule has 0 saturated heterocycles. The molecule has 0 aliphatic carbocycles. The first-order chi connectivity index (χ1) is 12.8. The van der Waals surface area contributed by atoms with Crippen LogP contribution in [-0.4, -0.2) is 24.4 Å². The van der Waals surface area contributed by atoms with Crippen molar-refractivity contribution < 1.29 is 9.47 Å². The van der Waals surface area contributed by atoms with Gasteiger partial charge >= 0.3 is 0 Å². The molecule has 0 bridgehead atoms. The summed E-state index contributed by atoms with van der Waals surface area (Å²) in [5, 5.41) is 2.58. The van der Waals surface area contributed by atoms with Crippen molar-refractivity contribution in [3.05, 3.63) is 77.3 Å². The fourth-order valence-corrected chi connectivity index (χ4v) is 3.67. The van der Waals surface area contributed by atoms with Crippen molar-refractivity contribution in [3.63, 3.8) is 0 Å². The average Bonchev–Trinajstić information content (AvgIpc) is 3.00. The quantitative estimate of drug-likeness (QED) is 0.368. The molecule has 0 aliphatic rings. The Morgan fingerprint density at radius 1 is 0.692 bits per heavy atom. The molecule has 26 heavy (non-hydrogen) atoms. The topological polar surface area (TPSA) is 23.4 Å². The lowest BCUT2D eigenvalue weighted by molar-refractivity contribution is 0.0952. The van der Waals surface area contributed by atoms with Gasteiger partial charge in [0.05, 0.1) is 17.7 Å². The minimum atomic E-state index is 0.537. The summed E-state index contributed by atoms with van der Waals surface area (Å²) in [5.74, 6) is 0.846. The molecule has 0 unspecified atom stereocenters. The lowest BCUT2D eigenvalue weighted by Crippen LogP contribution is -2.11. The smallest absolute Gasteiger partial charge is 0.133 e. The van der Waals surface area contributed by atoms with Gasteiger partial charge in [-0.25, -0.2) is 0 Å². The highest BCUT2D eigenvalue weighted by molar-refractivity contribution is 9.10. The molecule has 0 aliphatic heterocycles. The van der Waals surface area contributed by atoms with E-state index in [0.29, 0.717) is 19.8 Å². The van der Waals surface area contributed by atoms with Gasteiger partial charge in [-0.15, -0.1) is 0 Å². The normalized spacial score (nSPS) is 11.3. The monoisotopic (exact) mass is 409 g/mol. The van der Waals surface area contributed by atoms with Crippen molar-refractivity contribution in [1.29, 1.82) is 0 Å². The molecule has 4 heteroatoms. The molecule has 0 saturated carbocycles. The van der Waals surface area contributed by atoms with Gasteiger partial charge in [0, 0.05) is 28.4 Å². The van der Waals surface area contributed by atoms with Crippen LogP contribution in [0.5, 0.6) is 5.75 Å². The van der Waals surface area contributed by atoms with Crippen LogP contribution in [0, 0.1) is 0 Å². The number of nitrogens with zero attached hydrogens (tertiary/aromatic N) is 1. The third kappa shape index (κ3) is 3.48. The van der Waals surface area contributed by atoms with Gasteiger partial charge in [0.1, 0.15) is 12.4 Å². The van der Waals surface area contributed by atoms with Gasteiger partial charge in [0.15, 0.2) is 0 Å². The molecule has 132 valence electrons. The lowest BCUT2D eigenvalue weighted by Gasteiger charge is -2.10. The van der Waals surface area contributed by atoms with Gasteiger partial charge < -0.3 is 14.0 Å². The van der Waals surface area contributed by atoms with E-state index in [-0.39, 0.29) is 0 Å². The zero-order chi connectivity index (χ0) is 17.8. The Balaban J connectivity index is 1.37. The third-order valence-corrected chi connectivity index (χ3v) is 5.12. The second-order valence-electron chi connectivity index (χ2n) is 6.08. The largest absolute Gasteiger partial charge is 0.490 e. The number of hydrogen-bond acceptors (Lipinski definition) is 2. The highest BCUT2D eigenvalue weighted by Gasteiger charge is 2.09. The molecule has 0 fully saturated rings. The zero-order valence-corrected chi connectivity index (χ0v) is 16.0. The molecular weight excluding hydrogens is 390 g/mol. The maximum absolute atomic E-state index is 5.81. The van der Waals surface area contributed by atoms with Crippen molar-refractivity contribution in [2.75, 3.05) is 19.8 Å². The second-order valence-corrected chi connectivity index (χ2v) is 6.93. The van der Waals surface area contributed by atoms with Gasteiger partial charge in [-0.1, -0.05) is 48.5 Å². The van der Waals surface area contributed by atoms with Crippen LogP contribution < -0.4 is 4.74 Å². The Morgan fingerprint density at radius 3 is 2.00 bits per heavy atom. The molecule has 3 nitrogen and oxygen atoms in total. The van der Waals surface area contributed by atoms with Crippen molar-refractivity contribution in [3.8, 4) is 5.75 Å². The summed E-state index contributed by atoms with van der Waals surface area (Å²) in [6.07, 6.45) is 0. The molecule has 0 radical (unpaired) electrons. The first-order valence-corrected chi connectivity index (χ1v) is 9.55. The van der Waals surface area contributed by atoms with Gasteiger partial charge in [-0.05, 0) is 40.2 Å². The summed E-state index contributed by atoms with van der Waals surface area (Å²) in [7, 11) is 0. The lowest BCUT2D eigenvalue weighted by atomic mass is 10.2. The van der Waals surface area contributed by atoms with Crippen LogP contribution in [0.2, 0.25) is 0 Å². The van der Waals surface area contributed by atoms with E-state index < -0.39 is 0 Å². The van der Waals surface area contributed by atoms with Gasteiger partial charge in [0.25, 0.3) is 0 Å². The maximum Gasteiger partial charge on any atom is 0.133 e. The van der Waals surface area contributed by atoms with Crippen molar-refractivity contribution in [2.45, 2.75) is 6.54 Å². The summed E-state index contributed by atoms with van der Waals surface area (Å²) in [6, 6.07) is 24.9. The minimum Gasteiger partial charge on any atom is -0.490 e. The van der Waals surface area contributed by atoms with Crippen LogP contribution in [0.3, 0.4) is 0 Å². The Hall–Kier alpha value is -2.30. The molecule has 0 spiro atoms. The molecule has 1 heterocycles. The maximum atomic E-state index is 5.81. The Morgan fingerprint density at radius 2 is 1.31 bits per heavy atom. The van der Waals surface area contributed by atoms with Gasteiger partial charge in [0.2, 0.25) is 0 Å². The van der Waals surface area contributed by atoms with Crippen LogP contribution in [0.4, 0.5) is 0 Å². The van der Waals surface area contributed by atoms with E-state index in [4.69, 9.17) is 9.47 Å². The predicted octanol–water partition coefficient (Wildman–Crippen LogP) is 5.65. The molecule has 0 amide bonds. The second kappa shape index (κ2) is 7.94. The number of hydrogen-bond donors (Lipinski definition) is 0. The average molecular weight is 410 g/mol. The Labute approximate surface area is 161 Å². The number of benzene rings is 3. The molecular formula is C22H20BrNO2. The Kier molecular flexibility index (Phi) is 5.23. The van der Waals surface area contributed by atoms with Crippen LogP contribution >= 0.6 is 15.9 Å². The number of halogens is 1.